The van der Waals surface area contributed by atoms with E-state index in [0.717, 1.165) is 12.8 Å². The highest BCUT2D eigenvalue weighted by atomic mass is 35.5. The first-order valence-electron chi connectivity index (χ1n) is 13.4. The Hall–Kier alpha value is -4.32. The van der Waals surface area contributed by atoms with E-state index in [-0.39, 0.29) is 24.2 Å². The Kier molecular flexibility index (Phi) is 14.4. The second-order valence-electron chi connectivity index (χ2n) is 9.80. The van der Waals surface area contributed by atoms with Gasteiger partial charge in [0.2, 0.25) is 5.91 Å². The zero-order valence-corrected chi connectivity index (χ0v) is 24.6. The normalized spacial score (nSPS) is 15.6. The van der Waals surface area contributed by atoms with Crippen molar-refractivity contribution in [3.8, 4) is 11.8 Å². The van der Waals surface area contributed by atoms with Crippen molar-refractivity contribution in [2.75, 3.05) is 33.4 Å². The third kappa shape index (κ3) is 11.1. The Labute approximate surface area is 258 Å². The fraction of sp³-hybridized carbons (Fsp3) is 0.367. The Bertz CT molecular complexity index is 1350. The van der Waals surface area contributed by atoms with Crippen LogP contribution in [0.15, 0.2) is 48.5 Å². The van der Waals surface area contributed by atoms with Gasteiger partial charge in [0, 0.05) is 34.7 Å². The number of nitrogens with zero attached hydrogens (tertiary/aromatic N) is 2. The maximum atomic E-state index is 12.7. The van der Waals surface area contributed by atoms with Crippen LogP contribution in [0.2, 0.25) is 5.02 Å². The van der Waals surface area contributed by atoms with Crippen LogP contribution in [0.4, 0.5) is 0 Å². The summed E-state index contributed by atoms with van der Waals surface area (Å²) in [5.74, 6) is -3.25. The van der Waals surface area contributed by atoms with Gasteiger partial charge in [-0.05, 0) is 74.5 Å². The van der Waals surface area contributed by atoms with E-state index in [1.807, 2.05) is 0 Å². The summed E-state index contributed by atoms with van der Waals surface area (Å²) in [6.07, 6.45) is -0.143. The number of aliphatic carboxylic acids is 2. The number of piperidine rings is 1. The highest BCUT2D eigenvalue weighted by Gasteiger charge is 2.29. The Morgan fingerprint density at radius 1 is 1.07 bits per heavy atom. The minimum absolute atomic E-state index is 0.0401. The molecule has 2 aromatic carbocycles. The molecule has 1 heterocycles. The lowest BCUT2D eigenvalue weighted by molar-refractivity contribution is -0.165. The predicted molar refractivity (Wildman–Crippen MR) is 158 cm³/mol. The summed E-state index contributed by atoms with van der Waals surface area (Å²) in [6.45, 7) is 1.72. The predicted octanol–water partition coefficient (Wildman–Crippen LogP) is 1.18. The number of nitriles is 1. The number of carboxylic acids is 2. The molecule has 0 aliphatic carbocycles. The molecule has 14 heteroatoms. The van der Waals surface area contributed by atoms with Gasteiger partial charge in [-0.1, -0.05) is 11.6 Å². The largest absolute Gasteiger partial charge is 0.496 e. The second-order valence-corrected chi connectivity index (χ2v) is 10.2. The molecular formula is C30H34ClN3O10. The number of amides is 1. The van der Waals surface area contributed by atoms with Gasteiger partial charge in [-0.3, -0.25) is 9.59 Å². The number of methoxy groups -OCH3 is 1. The summed E-state index contributed by atoms with van der Waals surface area (Å²) in [5.41, 5.74) is 1.75. The quantitative estimate of drug-likeness (QED) is 0.144. The Morgan fingerprint density at radius 3 is 2.16 bits per heavy atom. The molecule has 236 valence electrons. The number of aliphatic hydroxyl groups is 3. The van der Waals surface area contributed by atoms with Crippen molar-refractivity contribution in [3.63, 3.8) is 0 Å². The van der Waals surface area contributed by atoms with Crippen molar-refractivity contribution in [1.82, 2.24) is 10.2 Å². The molecule has 0 aromatic heterocycles. The number of carbonyl (C=O) groups excluding carboxylic acids is 2. The number of aliphatic hydroxyl groups excluding tert-OH is 3. The standard InChI is InChI=1S/C26H28ClN3O4.C4H6O6/c1-34-24-8-2-18(15-28)14-21(24)5-9-25(32)29-23(17-31)16-30-12-10-20(11-13-30)26(33)19-3-6-22(27)7-4-19;5-1(3(7)8)2(6)4(9)10/h2-9,14,20,23,31H,10-13,16-17H2,1H3,(H,29,32);1-2,5-6H,(H,7,8)(H,9,10)/b9-5+;/t23-;1-,2-/m01/s1. The third-order valence-corrected chi connectivity index (χ3v) is 6.96. The fourth-order valence-electron chi connectivity index (χ4n) is 4.31. The van der Waals surface area contributed by atoms with Gasteiger partial charge in [-0.15, -0.1) is 0 Å². The van der Waals surface area contributed by atoms with Gasteiger partial charge in [0.1, 0.15) is 5.75 Å². The smallest absolute Gasteiger partial charge is 0.335 e. The molecule has 0 unspecified atom stereocenters. The average Bonchev–Trinajstić information content (AvgIpc) is 3.03. The maximum Gasteiger partial charge on any atom is 0.335 e. The van der Waals surface area contributed by atoms with Gasteiger partial charge < -0.3 is 40.5 Å². The summed E-state index contributed by atoms with van der Waals surface area (Å²) in [4.78, 5) is 46.8. The minimum atomic E-state index is -2.27. The molecule has 1 saturated heterocycles. The van der Waals surface area contributed by atoms with Crippen molar-refractivity contribution in [2.45, 2.75) is 31.1 Å². The minimum Gasteiger partial charge on any atom is -0.496 e. The topological polar surface area (TPSA) is 218 Å². The number of Topliss-reactive ketones (excluding diaryl/α,β-unsaturated/α-hetero) is 1. The molecule has 0 bridgehead atoms. The second kappa shape index (κ2) is 17.7. The van der Waals surface area contributed by atoms with Gasteiger partial charge in [-0.2, -0.15) is 5.26 Å². The molecule has 1 fully saturated rings. The van der Waals surface area contributed by atoms with Crippen molar-refractivity contribution in [1.29, 1.82) is 5.26 Å². The summed E-state index contributed by atoms with van der Waals surface area (Å²) >= 11 is 5.91. The number of hydrogen-bond donors (Lipinski definition) is 6. The van der Waals surface area contributed by atoms with E-state index in [1.54, 1.807) is 48.5 Å². The number of halogens is 1. The highest BCUT2D eigenvalue weighted by Crippen LogP contribution is 2.23. The fourth-order valence-corrected chi connectivity index (χ4v) is 4.43. The number of rotatable bonds is 12. The lowest BCUT2D eigenvalue weighted by Crippen LogP contribution is -2.48. The number of hydrogen-bond acceptors (Lipinski definition) is 10. The Balaban J connectivity index is 0.000000580. The number of ether oxygens (including phenoxy) is 1. The summed E-state index contributed by atoms with van der Waals surface area (Å²) in [7, 11) is 1.52. The average molecular weight is 632 g/mol. The maximum absolute atomic E-state index is 12.7. The molecule has 3 rings (SSSR count). The molecule has 0 saturated carbocycles. The van der Waals surface area contributed by atoms with Crippen LogP contribution < -0.4 is 10.1 Å². The number of likely N-dealkylation sites (tertiary alicyclic amines) is 1. The molecule has 1 aliphatic rings. The van der Waals surface area contributed by atoms with Gasteiger partial charge in [0.05, 0.1) is 31.4 Å². The lowest BCUT2D eigenvalue weighted by atomic mass is 9.89. The third-order valence-electron chi connectivity index (χ3n) is 6.71. The van der Waals surface area contributed by atoms with E-state index >= 15 is 0 Å². The lowest BCUT2D eigenvalue weighted by Gasteiger charge is -2.33. The van der Waals surface area contributed by atoms with Gasteiger partial charge in [-0.25, -0.2) is 9.59 Å². The van der Waals surface area contributed by atoms with Crippen LogP contribution in [0.3, 0.4) is 0 Å². The SMILES string of the molecule is COc1ccc(C#N)cc1/C=C/C(=O)N[C@H](CO)CN1CCC(C(=O)c2ccc(Cl)cc2)CC1.O=C(O)[C@H](O)[C@@H](O)C(=O)O. The molecule has 0 radical (unpaired) electrons. The van der Waals surface area contributed by atoms with Crippen molar-refractivity contribution in [2.24, 2.45) is 5.92 Å². The first-order valence-corrected chi connectivity index (χ1v) is 13.8. The first-order chi connectivity index (χ1) is 20.9. The number of benzene rings is 2. The zero-order chi connectivity index (χ0) is 32.8. The number of carbonyl (C=O) groups is 4. The summed E-state index contributed by atoms with van der Waals surface area (Å²) in [5, 5.41) is 54.8. The monoisotopic (exact) mass is 631 g/mol. The number of ketones is 1. The van der Waals surface area contributed by atoms with Crippen molar-refractivity contribution < 1.29 is 49.4 Å². The Morgan fingerprint density at radius 2 is 1.66 bits per heavy atom. The van der Waals surface area contributed by atoms with Crippen LogP contribution >= 0.6 is 11.6 Å². The molecule has 3 atom stereocenters. The van der Waals surface area contributed by atoms with Crippen molar-refractivity contribution >= 4 is 41.3 Å². The summed E-state index contributed by atoms with van der Waals surface area (Å²) in [6, 6.07) is 13.5. The van der Waals surface area contributed by atoms with E-state index in [1.165, 1.54) is 13.2 Å². The molecule has 2 aromatic rings. The van der Waals surface area contributed by atoms with Gasteiger partial charge >= 0.3 is 11.9 Å². The number of nitrogens with one attached hydrogen (secondary N) is 1. The molecule has 44 heavy (non-hydrogen) atoms. The van der Waals surface area contributed by atoms with Gasteiger partial charge in [0.15, 0.2) is 18.0 Å². The van der Waals surface area contributed by atoms with E-state index in [9.17, 15) is 24.3 Å². The molecular weight excluding hydrogens is 598 g/mol. The zero-order valence-electron chi connectivity index (χ0n) is 23.8. The molecule has 6 N–H and O–H groups in total. The van der Waals surface area contributed by atoms with Crippen molar-refractivity contribution in [3.05, 3.63) is 70.3 Å². The summed E-state index contributed by atoms with van der Waals surface area (Å²) < 4.78 is 5.27. The van der Waals surface area contributed by atoms with E-state index < -0.39 is 30.2 Å². The molecule has 1 aliphatic heterocycles. The van der Waals surface area contributed by atoms with Crippen LogP contribution in [0.1, 0.15) is 34.3 Å². The first kappa shape index (κ1) is 35.9. The van der Waals surface area contributed by atoms with E-state index in [2.05, 4.69) is 16.3 Å². The van der Waals surface area contributed by atoms with Crippen LogP contribution in [0.25, 0.3) is 6.08 Å². The highest BCUT2D eigenvalue weighted by molar-refractivity contribution is 6.30. The number of carboxylic acid groups (broad SMARTS) is 2. The van der Waals surface area contributed by atoms with E-state index in [4.69, 9.17) is 42.0 Å². The van der Waals surface area contributed by atoms with Gasteiger partial charge in [0.25, 0.3) is 0 Å². The molecule has 1 amide bonds. The molecule has 13 nitrogen and oxygen atoms in total. The molecule has 0 spiro atoms. The van der Waals surface area contributed by atoms with Crippen LogP contribution in [0, 0.1) is 17.2 Å². The van der Waals surface area contributed by atoms with Crippen LogP contribution in [-0.4, -0.2) is 106 Å². The van der Waals surface area contributed by atoms with Crippen LogP contribution in [0.5, 0.6) is 5.75 Å². The van der Waals surface area contributed by atoms with Crippen LogP contribution in [-0.2, 0) is 14.4 Å². The van der Waals surface area contributed by atoms with E-state index in [0.29, 0.717) is 47.1 Å².